The summed E-state index contributed by atoms with van der Waals surface area (Å²) in [7, 11) is 0. The molecule has 4 nitrogen and oxygen atoms in total. The van der Waals surface area contributed by atoms with E-state index < -0.39 is 0 Å². The molecule has 33 heavy (non-hydrogen) atoms. The molecule has 1 aromatic heterocycles. The fourth-order valence-electron chi connectivity index (χ4n) is 6.24. The van der Waals surface area contributed by atoms with Crippen LogP contribution in [-0.2, 0) is 16.6 Å². The second-order valence-corrected chi connectivity index (χ2v) is 10.7. The molecule has 1 aliphatic heterocycles. The Kier molecular flexibility index (Phi) is 5.72. The number of aromatic amines is 1. The summed E-state index contributed by atoms with van der Waals surface area (Å²) in [6.45, 7) is 9.72. The topological polar surface area (TPSA) is 45.3 Å². The van der Waals surface area contributed by atoms with Crippen LogP contribution in [0.3, 0.4) is 0 Å². The number of para-hydroxylation sites is 1. The maximum atomic E-state index is 13.5. The lowest BCUT2D eigenvalue weighted by Gasteiger charge is -2.45. The molecular formula is C29H36N2O2. The fourth-order valence-corrected chi connectivity index (χ4v) is 6.24. The Hall–Kier alpha value is -2.75. The van der Waals surface area contributed by atoms with Gasteiger partial charge in [-0.25, -0.2) is 4.79 Å². The molecule has 0 unspecified atom stereocenters. The molecule has 0 bridgehead atoms. The van der Waals surface area contributed by atoms with Crippen LogP contribution in [0.4, 0.5) is 4.79 Å². The van der Waals surface area contributed by atoms with Gasteiger partial charge in [-0.15, -0.1) is 0 Å². The van der Waals surface area contributed by atoms with E-state index in [-0.39, 0.29) is 23.7 Å². The Labute approximate surface area is 197 Å². The zero-order chi connectivity index (χ0) is 23.2. The number of hydrogen-bond donors (Lipinski definition) is 1. The van der Waals surface area contributed by atoms with Gasteiger partial charge in [-0.2, -0.15) is 0 Å². The van der Waals surface area contributed by atoms with Crippen molar-refractivity contribution in [3.05, 3.63) is 71.4 Å². The summed E-state index contributed by atoms with van der Waals surface area (Å²) in [5.74, 6) is 0.883. The third kappa shape index (κ3) is 3.94. The van der Waals surface area contributed by atoms with Crippen molar-refractivity contribution in [2.45, 2.75) is 70.9 Å². The minimum Gasteiger partial charge on any atom is -0.446 e. The van der Waals surface area contributed by atoms with Gasteiger partial charge in [0.05, 0.1) is 6.04 Å². The molecule has 1 aliphatic carbocycles. The van der Waals surface area contributed by atoms with Gasteiger partial charge in [-0.1, -0.05) is 75.7 Å². The van der Waals surface area contributed by atoms with E-state index in [1.165, 1.54) is 22.9 Å². The van der Waals surface area contributed by atoms with Crippen LogP contribution in [0.15, 0.2) is 54.6 Å². The predicted molar refractivity (Wildman–Crippen MR) is 133 cm³/mol. The highest BCUT2D eigenvalue weighted by Crippen LogP contribution is 2.44. The van der Waals surface area contributed by atoms with E-state index in [2.05, 4.69) is 87.3 Å². The molecule has 4 heteroatoms. The number of amides is 1. The largest absolute Gasteiger partial charge is 0.446 e. The molecule has 5 rings (SSSR count). The zero-order valence-electron chi connectivity index (χ0n) is 20.3. The summed E-state index contributed by atoms with van der Waals surface area (Å²) in [6.07, 6.45) is 3.84. The number of ether oxygens (including phenoxy) is 1. The highest BCUT2D eigenvalue weighted by atomic mass is 16.6. The zero-order valence-corrected chi connectivity index (χ0v) is 20.3. The lowest BCUT2D eigenvalue weighted by atomic mass is 9.64. The van der Waals surface area contributed by atoms with Crippen LogP contribution >= 0.6 is 0 Å². The van der Waals surface area contributed by atoms with Crippen LogP contribution < -0.4 is 0 Å². The number of carbonyl (C=O) groups excluding carboxylic acids is 1. The minimum absolute atomic E-state index is 0.0183. The predicted octanol–water partition coefficient (Wildman–Crippen LogP) is 7.01. The van der Waals surface area contributed by atoms with Gasteiger partial charge >= 0.3 is 6.09 Å². The molecule has 174 valence electrons. The van der Waals surface area contributed by atoms with Gasteiger partial charge in [-0.05, 0) is 54.7 Å². The highest BCUT2D eigenvalue weighted by Gasteiger charge is 2.43. The number of H-pyrrole nitrogens is 1. The quantitative estimate of drug-likeness (QED) is 0.472. The Morgan fingerprint density at radius 3 is 2.55 bits per heavy atom. The summed E-state index contributed by atoms with van der Waals surface area (Å²) < 4.78 is 6.35. The summed E-state index contributed by atoms with van der Waals surface area (Å²) in [5, 5.41) is 1.28. The molecule has 0 spiro atoms. The Morgan fingerprint density at radius 1 is 1.03 bits per heavy atom. The molecule has 1 N–H and O–H groups in total. The summed E-state index contributed by atoms with van der Waals surface area (Å²) in [6, 6.07) is 19.1. The van der Waals surface area contributed by atoms with E-state index >= 15 is 0 Å². The molecule has 2 aromatic carbocycles. The molecular weight excluding hydrogens is 408 g/mol. The normalized spacial score (nSPS) is 25.6. The van der Waals surface area contributed by atoms with Crippen molar-refractivity contribution >= 4 is 17.0 Å². The maximum absolute atomic E-state index is 13.5. The van der Waals surface area contributed by atoms with Gasteiger partial charge in [0, 0.05) is 29.1 Å². The number of nitrogens with one attached hydrogen (secondary N) is 1. The van der Waals surface area contributed by atoms with Crippen molar-refractivity contribution in [1.82, 2.24) is 9.88 Å². The van der Waals surface area contributed by atoms with Gasteiger partial charge in [-0.3, -0.25) is 4.90 Å². The number of fused-ring (bicyclic) bond motifs is 3. The summed E-state index contributed by atoms with van der Waals surface area (Å²) >= 11 is 0. The van der Waals surface area contributed by atoms with Crippen molar-refractivity contribution in [2.75, 3.05) is 6.54 Å². The number of hydrogen-bond acceptors (Lipinski definition) is 2. The van der Waals surface area contributed by atoms with E-state index in [4.69, 9.17) is 4.74 Å². The van der Waals surface area contributed by atoms with Crippen molar-refractivity contribution in [3.8, 4) is 0 Å². The average molecular weight is 445 g/mol. The Morgan fingerprint density at radius 2 is 1.76 bits per heavy atom. The SMILES string of the molecule is C[C@@H]1CC[C@@H](C(C)(C)c2ccccc2)[C@H](OC(=O)N2CCc3c([nH]c4ccccc34)[C@@H]2C)C1. The second-order valence-electron chi connectivity index (χ2n) is 10.7. The van der Waals surface area contributed by atoms with Gasteiger partial charge in [0.25, 0.3) is 0 Å². The number of rotatable bonds is 3. The van der Waals surface area contributed by atoms with Gasteiger partial charge in [0.15, 0.2) is 0 Å². The van der Waals surface area contributed by atoms with Crippen LogP contribution in [0.5, 0.6) is 0 Å². The standard InChI is InChI=1S/C29H36N2O2/c1-19-14-15-24(29(3,4)21-10-6-5-7-11-21)26(18-19)33-28(32)31-17-16-23-22-12-8-9-13-25(22)30-27(23)20(31)2/h5-13,19-20,24,26,30H,14-18H2,1-4H3/t19-,20+,24-,26-/m1/s1. The lowest BCUT2D eigenvalue weighted by Crippen LogP contribution is -2.47. The van der Waals surface area contributed by atoms with Crippen molar-refractivity contribution in [3.63, 3.8) is 0 Å². The van der Waals surface area contributed by atoms with Gasteiger partial charge in [0.1, 0.15) is 6.10 Å². The van der Waals surface area contributed by atoms with Gasteiger partial charge in [0.2, 0.25) is 0 Å². The summed E-state index contributed by atoms with van der Waals surface area (Å²) in [5.41, 5.74) is 4.91. The van der Waals surface area contributed by atoms with Crippen LogP contribution in [0, 0.1) is 11.8 Å². The minimum atomic E-state index is -0.167. The van der Waals surface area contributed by atoms with Crippen molar-refractivity contribution < 1.29 is 9.53 Å². The number of aromatic nitrogens is 1. The average Bonchev–Trinajstić information content (AvgIpc) is 3.19. The van der Waals surface area contributed by atoms with E-state index in [1.807, 2.05) is 4.90 Å². The Bertz CT molecular complexity index is 1130. The number of benzene rings is 2. The second kappa shape index (κ2) is 8.55. The highest BCUT2D eigenvalue weighted by molar-refractivity contribution is 5.85. The van der Waals surface area contributed by atoms with E-state index in [9.17, 15) is 4.79 Å². The maximum Gasteiger partial charge on any atom is 0.410 e. The smallest absolute Gasteiger partial charge is 0.410 e. The third-order valence-corrected chi connectivity index (χ3v) is 8.32. The molecule has 2 heterocycles. The molecule has 4 atom stereocenters. The lowest BCUT2D eigenvalue weighted by molar-refractivity contribution is -0.0231. The van der Waals surface area contributed by atoms with Crippen molar-refractivity contribution in [1.29, 1.82) is 0 Å². The fraction of sp³-hybridized carbons (Fsp3) is 0.483. The molecule has 3 aromatic rings. The van der Waals surface area contributed by atoms with Crippen LogP contribution in [0.1, 0.15) is 69.8 Å². The molecule has 1 fully saturated rings. The third-order valence-electron chi connectivity index (χ3n) is 8.32. The van der Waals surface area contributed by atoms with E-state index in [0.717, 1.165) is 30.5 Å². The first-order valence-electron chi connectivity index (χ1n) is 12.5. The summed E-state index contributed by atoms with van der Waals surface area (Å²) in [4.78, 5) is 19.0. The van der Waals surface area contributed by atoms with E-state index in [1.54, 1.807) is 0 Å². The molecule has 1 amide bonds. The first-order chi connectivity index (χ1) is 15.9. The first kappa shape index (κ1) is 22.1. The number of carbonyl (C=O) groups is 1. The van der Waals surface area contributed by atoms with Gasteiger partial charge < -0.3 is 9.72 Å². The van der Waals surface area contributed by atoms with E-state index in [0.29, 0.717) is 18.4 Å². The monoisotopic (exact) mass is 444 g/mol. The molecule has 2 aliphatic rings. The van der Waals surface area contributed by atoms with Crippen molar-refractivity contribution in [2.24, 2.45) is 11.8 Å². The molecule has 0 radical (unpaired) electrons. The van der Waals surface area contributed by atoms with Crippen LogP contribution in [0.25, 0.3) is 10.9 Å². The van der Waals surface area contributed by atoms with Crippen LogP contribution in [-0.4, -0.2) is 28.6 Å². The molecule has 1 saturated carbocycles. The number of nitrogens with zero attached hydrogens (tertiary/aromatic N) is 1. The van der Waals surface area contributed by atoms with Crippen LogP contribution in [0.2, 0.25) is 0 Å². The molecule has 0 saturated heterocycles. The first-order valence-corrected chi connectivity index (χ1v) is 12.5. The Balaban J connectivity index is 1.37.